The average molecular weight is 355 g/mol. The summed E-state index contributed by atoms with van der Waals surface area (Å²) in [4.78, 5) is 16.3. The molecule has 0 saturated carbocycles. The Bertz CT molecular complexity index is 786. The molecule has 1 aromatic carbocycles. The van der Waals surface area contributed by atoms with E-state index in [-0.39, 0.29) is 5.91 Å². The Labute approximate surface area is 138 Å². The number of hydrogen-bond acceptors (Lipinski definition) is 6. The van der Waals surface area contributed by atoms with Gasteiger partial charge < -0.3 is 4.74 Å². The van der Waals surface area contributed by atoms with E-state index in [0.29, 0.717) is 16.6 Å². The Morgan fingerprint density at radius 2 is 2.09 bits per heavy atom. The highest BCUT2D eigenvalue weighted by atomic mass is 32.2. The van der Waals surface area contributed by atoms with E-state index >= 15 is 0 Å². The van der Waals surface area contributed by atoms with Crippen LogP contribution in [0.1, 0.15) is 13.8 Å². The van der Waals surface area contributed by atoms with E-state index in [4.69, 9.17) is 4.74 Å². The molecule has 1 amide bonds. The molecule has 0 fully saturated rings. The number of sulfonamides is 1. The molecule has 0 unspecified atom stereocenters. The maximum atomic E-state index is 12.3. The molecule has 7 nitrogen and oxygen atoms in total. The Balaban J connectivity index is 2.10. The molecule has 0 bridgehead atoms. The second kappa shape index (κ2) is 6.55. The van der Waals surface area contributed by atoms with E-state index in [1.165, 1.54) is 17.4 Å². The van der Waals surface area contributed by atoms with Gasteiger partial charge in [0.25, 0.3) is 5.91 Å². The van der Waals surface area contributed by atoms with Gasteiger partial charge in [0.05, 0.1) is 11.9 Å². The maximum Gasteiger partial charge on any atom is 0.269 e. The number of benzene rings is 1. The molecule has 23 heavy (non-hydrogen) atoms. The van der Waals surface area contributed by atoms with Crippen LogP contribution in [0.2, 0.25) is 0 Å². The minimum absolute atomic E-state index is 0.353. The maximum absolute atomic E-state index is 12.3. The molecule has 0 atom stereocenters. The fourth-order valence-corrected chi connectivity index (χ4v) is 2.79. The monoisotopic (exact) mass is 355 g/mol. The second-order valence-electron chi connectivity index (χ2n) is 5.31. The third-order valence-corrected chi connectivity index (χ3v) is 4.00. The molecule has 9 heteroatoms. The number of nitrogens with zero attached hydrogens (tertiary/aromatic N) is 1. The van der Waals surface area contributed by atoms with Crippen molar-refractivity contribution < 1.29 is 17.9 Å². The lowest BCUT2D eigenvalue weighted by molar-refractivity contribution is -0.128. The first-order valence-corrected chi connectivity index (χ1v) is 9.41. The molecule has 1 heterocycles. The SMILES string of the molecule is CC(C)(Oc1cccc(NS(C)(=O)=O)c1)C(=O)Nc1nccs1. The fourth-order valence-electron chi connectivity index (χ4n) is 1.71. The summed E-state index contributed by atoms with van der Waals surface area (Å²) in [5.41, 5.74) is -0.795. The molecule has 2 aromatic rings. The Morgan fingerprint density at radius 3 is 2.70 bits per heavy atom. The number of rotatable bonds is 6. The standard InChI is InChI=1S/C14H17N3O4S2/c1-14(2,12(18)16-13-15-7-8-22-13)21-11-6-4-5-10(9-11)17-23(3,19)20/h4-9,17H,1-3H3,(H,15,16,18). The van der Waals surface area contributed by atoms with E-state index < -0.39 is 15.6 Å². The molecule has 0 saturated heterocycles. The van der Waals surface area contributed by atoms with Gasteiger partial charge in [-0.05, 0) is 26.0 Å². The van der Waals surface area contributed by atoms with E-state index in [1.807, 2.05) is 0 Å². The number of anilines is 2. The predicted octanol–water partition coefficient (Wildman–Crippen LogP) is 2.31. The Hall–Kier alpha value is -2.13. The van der Waals surface area contributed by atoms with Gasteiger partial charge in [-0.15, -0.1) is 11.3 Å². The van der Waals surface area contributed by atoms with Gasteiger partial charge in [0.15, 0.2) is 10.7 Å². The normalized spacial score (nSPS) is 11.8. The highest BCUT2D eigenvalue weighted by Gasteiger charge is 2.30. The van der Waals surface area contributed by atoms with Crippen LogP contribution in [0.4, 0.5) is 10.8 Å². The molecule has 2 rings (SSSR count). The Morgan fingerprint density at radius 1 is 1.35 bits per heavy atom. The van der Waals surface area contributed by atoms with Crippen LogP contribution < -0.4 is 14.8 Å². The zero-order valence-electron chi connectivity index (χ0n) is 12.9. The van der Waals surface area contributed by atoms with Gasteiger partial charge in [-0.25, -0.2) is 13.4 Å². The highest BCUT2D eigenvalue weighted by Crippen LogP contribution is 2.24. The number of aromatic nitrogens is 1. The first-order valence-electron chi connectivity index (χ1n) is 6.63. The van der Waals surface area contributed by atoms with Gasteiger partial charge in [-0.2, -0.15) is 0 Å². The Kier molecular flexibility index (Phi) is 4.90. The highest BCUT2D eigenvalue weighted by molar-refractivity contribution is 7.92. The van der Waals surface area contributed by atoms with Crippen molar-refractivity contribution >= 4 is 38.1 Å². The molecule has 0 aliphatic rings. The topological polar surface area (TPSA) is 97.4 Å². The van der Waals surface area contributed by atoms with Gasteiger partial charge >= 0.3 is 0 Å². The van der Waals surface area contributed by atoms with Crippen LogP contribution in [-0.4, -0.2) is 31.2 Å². The molecule has 0 radical (unpaired) electrons. The van der Waals surface area contributed by atoms with Crippen LogP contribution >= 0.6 is 11.3 Å². The van der Waals surface area contributed by atoms with Gasteiger partial charge in [0, 0.05) is 17.6 Å². The van der Waals surface area contributed by atoms with Crippen molar-refractivity contribution in [3.8, 4) is 5.75 Å². The predicted molar refractivity (Wildman–Crippen MR) is 90.4 cm³/mol. The summed E-state index contributed by atoms with van der Waals surface area (Å²) in [6.45, 7) is 3.24. The van der Waals surface area contributed by atoms with E-state index in [1.54, 1.807) is 43.6 Å². The summed E-state index contributed by atoms with van der Waals surface area (Å²) in [6, 6.07) is 6.39. The second-order valence-corrected chi connectivity index (χ2v) is 7.95. The van der Waals surface area contributed by atoms with Gasteiger partial charge in [-0.1, -0.05) is 6.07 Å². The van der Waals surface area contributed by atoms with Crippen LogP contribution in [0, 0.1) is 0 Å². The van der Waals surface area contributed by atoms with E-state index in [0.717, 1.165) is 6.26 Å². The van der Waals surface area contributed by atoms with Crippen molar-refractivity contribution in [3.63, 3.8) is 0 Å². The molecular formula is C14H17N3O4S2. The molecule has 0 spiro atoms. The minimum atomic E-state index is -3.38. The van der Waals surface area contributed by atoms with E-state index in [2.05, 4.69) is 15.0 Å². The lowest BCUT2D eigenvalue weighted by atomic mass is 10.1. The summed E-state index contributed by atoms with van der Waals surface area (Å²) >= 11 is 1.31. The molecule has 0 aliphatic carbocycles. The van der Waals surface area contributed by atoms with Crippen molar-refractivity contribution in [1.82, 2.24) is 4.98 Å². The summed E-state index contributed by atoms with van der Waals surface area (Å²) in [5, 5.41) is 4.91. The van der Waals surface area contributed by atoms with Crippen molar-refractivity contribution in [2.45, 2.75) is 19.4 Å². The van der Waals surface area contributed by atoms with Crippen LogP contribution in [-0.2, 0) is 14.8 Å². The molecule has 2 N–H and O–H groups in total. The summed E-state index contributed by atoms with van der Waals surface area (Å²) in [7, 11) is -3.38. The third kappa shape index (κ3) is 5.22. The van der Waals surface area contributed by atoms with Crippen LogP contribution in [0.25, 0.3) is 0 Å². The van der Waals surface area contributed by atoms with Crippen molar-refractivity contribution in [2.24, 2.45) is 0 Å². The summed E-state index contributed by atoms with van der Waals surface area (Å²) < 4.78 is 30.6. The van der Waals surface area contributed by atoms with Gasteiger partial charge in [-0.3, -0.25) is 14.8 Å². The van der Waals surface area contributed by atoms with Crippen molar-refractivity contribution in [1.29, 1.82) is 0 Å². The fraction of sp³-hybridized carbons (Fsp3) is 0.286. The first kappa shape index (κ1) is 17.2. The minimum Gasteiger partial charge on any atom is -0.478 e. The van der Waals surface area contributed by atoms with Gasteiger partial charge in [0.1, 0.15) is 5.75 Å². The number of thiazole rings is 1. The average Bonchev–Trinajstić information content (AvgIpc) is 2.89. The zero-order chi connectivity index (χ0) is 17.1. The van der Waals surface area contributed by atoms with Gasteiger partial charge in [0.2, 0.25) is 10.0 Å². The van der Waals surface area contributed by atoms with E-state index in [9.17, 15) is 13.2 Å². The smallest absolute Gasteiger partial charge is 0.269 e. The number of carbonyl (C=O) groups is 1. The summed E-state index contributed by atoms with van der Waals surface area (Å²) in [6.07, 6.45) is 2.65. The molecule has 1 aromatic heterocycles. The lowest BCUT2D eigenvalue weighted by Gasteiger charge is -2.25. The number of nitrogens with one attached hydrogen (secondary N) is 2. The summed E-state index contributed by atoms with van der Waals surface area (Å²) in [5.74, 6) is 0.0202. The molecule has 0 aliphatic heterocycles. The zero-order valence-corrected chi connectivity index (χ0v) is 14.5. The number of hydrogen-bond donors (Lipinski definition) is 2. The number of amides is 1. The number of carbonyl (C=O) groups excluding carboxylic acids is 1. The van der Waals surface area contributed by atoms with Crippen LogP contribution in [0.3, 0.4) is 0 Å². The van der Waals surface area contributed by atoms with Crippen LogP contribution in [0.15, 0.2) is 35.8 Å². The van der Waals surface area contributed by atoms with Crippen molar-refractivity contribution in [2.75, 3.05) is 16.3 Å². The quantitative estimate of drug-likeness (QED) is 0.829. The number of ether oxygens (including phenoxy) is 1. The molecule has 124 valence electrons. The largest absolute Gasteiger partial charge is 0.478 e. The lowest BCUT2D eigenvalue weighted by Crippen LogP contribution is -2.42. The molecular weight excluding hydrogens is 338 g/mol. The third-order valence-electron chi connectivity index (χ3n) is 2.71. The first-order chi connectivity index (χ1) is 10.7. The van der Waals surface area contributed by atoms with Crippen LogP contribution in [0.5, 0.6) is 5.75 Å². The van der Waals surface area contributed by atoms with Crippen molar-refractivity contribution in [3.05, 3.63) is 35.8 Å².